The minimum absolute atomic E-state index is 0.184. The third kappa shape index (κ3) is 3.44. The van der Waals surface area contributed by atoms with Crippen molar-refractivity contribution in [2.75, 3.05) is 29.9 Å². The summed E-state index contributed by atoms with van der Waals surface area (Å²) in [5, 5.41) is 2.68. The molecule has 1 heterocycles. The van der Waals surface area contributed by atoms with Crippen LogP contribution in [0.3, 0.4) is 0 Å². The van der Waals surface area contributed by atoms with E-state index in [0.717, 1.165) is 31.6 Å². The molecule has 1 fully saturated rings. The lowest BCUT2D eigenvalue weighted by Crippen LogP contribution is -2.22. The summed E-state index contributed by atoms with van der Waals surface area (Å²) >= 11 is 0. The summed E-state index contributed by atoms with van der Waals surface area (Å²) in [6.45, 7) is 2.29. The first-order valence-corrected chi connectivity index (χ1v) is 6.75. The van der Waals surface area contributed by atoms with Gasteiger partial charge in [0.1, 0.15) is 11.5 Å². The molecule has 0 radical (unpaired) electrons. The van der Waals surface area contributed by atoms with E-state index in [4.69, 9.17) is 5.73 Å². The van der Waals surface area contributed by atoms with Crippen LogP contribution in [-0.2, 0) is 4.79 Å². The molecule has 1 saturated heterocycles. The second-order valence-electron chi connectivity index (χ2n) is 4.77. The van der Waals surface area contributed by atoms with E-state index in [-0.39, 0.29) is 11.7 Å². The van der Waals surface area contributed by atoms with Crippen molar-refractivity contribution in [3.05, 3.63) is 24.0 Å². The molecule has 1 amide bonds. The molecule has 5 heteroatoms. The smallest absolute Gasteiger partial charge is 0.224 e. The van der Waals surface area contributed by atoms with E-state index in [2.05, 4.69) is 10.2 Å². The highest BCUT2D eigenvalue weighted by atomic mass is 19.1. The normalized spacial score (nSPS) is 14.7. The number of nitrogens with zero attached hydrogens (tertiary/aromatic N) is 1. The monoisotopic (exact) mass is 265 g/mol. The molecule has 0 bridgehead atoms. The molecule has 0 aromatic heterocycles. The SMILES string of the molecule is NCCCC(=O)Nc1c(F)cccc1N1CCCC1. The van der Waals surface area contributed by atoms with Crippen molar-refractivity contribution >= 4 is 17.3 Å². The van der Waals surface area contributed by atoms with Gasteiger partial charge in [-0.2, -0.15) is 0 Å². The number of nitrogens with two attached hydrogens (primary N) is 1. The van der Waals surface area contributed by atoms with Crippen LogP contribution in [-0.4, -0.2) is 25.5 Å². The zero-order valence-corrected chi connectivity index (χ0v) is 11.0. The third-order valence-corrected chi connectivity index (χ3v) is 3.31. The maximum Gasteiger partial charge on any atom is 0.224 e. The predicted molar refractivity (Wildman–Crippen MR) is 74.8 cm³/mol. The Morgan fingerprint density at radius 3 is 2.79 bits per heavy atom. The number of amides is 1. The van der Waals surface area contributed by atoms with Gasteiger partial charge in [-0.3, -0.25) is 4.79 Å². The van der Waals surface area contributed by atoms with Crippen LogP contribution in [0.1, 0.15) is 25.7 Å². The van der Waals surface area contributed by atoms with Crippen molar-refractivity contribution in [3.8, 4) is 0 Å². The quantitative estimate of drug-likeness (QED) is 0.857. The molecule has 1 aliphatic heterocycles. The fraction of sp³-hybridized carbons (Fsp3) is 0.500. The van der Waals surface area contributed by atoms with Gasteiger partial charge in [-0.05, 0) is 37.9 Å². The van der Waals surface area contributed by atoms with Crippen LogP contribution in [0.15, 0.2) is 18.2 Å². The molecule has 1 aromatic rings. The number of benzene rings is 1. The maximum absolute atomic E-state index is 13.9. The van der Waals surface area contributed by atoms with Gasteiger partial charge in [-0.15, -0.1) is 0 Å². The van der Waals surface area contributed by atoms with E-state index >= 15 is 0 Å². The Morgan fingerprint density at radius 2 is 2.11 bits per heavy atom. The summed E-state index contributed by atoms with van der Waals surface area (Å²) in [7, 11) is 0. The molecule has 0 aliphatic carbocycles. The van der Waals surface area contributed by atoms with Gasteiger partial charge >= 0.3 is 0 Å². The lowest BCUT2D eigenvalue weighted by molar-refractivity contribution is -0.116. The molecule has 19 heavy (non-hydrogen) atoms. The van der Waals surface area contributed by atoms with E-state index in [1.807, 2.05) is 6.07 Å². The molecule has 0 saturated carbocycles. The Bertz CT molecular complexity index is 444. The van der Waals surface area contributed by atoms with Crippen LogP contribution in [0.2, 0.25) is 0 Å². The van der Waals surface area contributed by atoms with Crippen LogP contribution < -0.4 is 16.0 Å². The Balaban J connectivity index is 2.15. The lowest BCUT2D eigenvalue weighted by atomic mass is 10.2. The topological polar surface area (TPSA) is 58.4 Å². The molecule has 3 N–H and O–H groups in total. The third-order valence-electron chi connectivity index (χ3n) is 3.31. The van der Waals surface area contributed by atoms with Crippen molar-refractivity contribution in [1.82, 2.24) is 0 Å². The minimum Gasteiger partial charge on any atom is -0.370 e. The fourth-order valence-corrected chi connectivity index (χ4v) is 2.32. The van der Waals surface area contributed by atoms with Gasteiger partial charge in [0.2, 0.25) is 5.91 Å². The van der Waals surface area contributed by atoms with E-state index in [1.165, 1.54) is 6.07 Å². The van der Waals surface area contributed by atoms with E-state index in [9.17, 15) is 9.18 Å². The minimum atomic E-state index is -0.384. The molecule has 104 valence electrons. The zero-order chi connectivity index (χ0) is 13.7. The van der Waals surface area contributed by atoms with Gasteiger partial charge in [-0.25, -0.2) is 4.39 Å². The van der Waals surface area contributed by atoms with Crippen LogP contribution in [0.5, 0.6) is 0 Å². The van der Waals surface area contributed by atoms with Crippen LogP contribution in [0, 0.1) is 5.82 Å². The van der Waals surface area contributed by atoms with Crippen molar-refractivity contribution in [1.29, 1.82) is 0 Å². The first-order chi connectivity index (χ1) is 9.22. The van der Waals surface area contributed by atoms with Gasteiger partial charge in [-0.1, -0.05) is 6.07 Å². The molecule has 0 atom stereocenters. The number of hydrogen-bond acceptors (Lipinski definition) is 3. The average Bonchev–Trinajstić information content (AvgIpc) is 2.92. The van der Waals surface area contributed by atoms with Crippen molar-refractivity contribution in [2.45, 2.75) is 25.7 Å². The van der Waals surface area contributed by atoms with Crippen LogP contribution in [0.4, 0.5) is 15.8 Å². The molecule has 1 aromatic carbocycles. The van der Waals surface area contributed by atoms with Gasteiger partial charge in [0, 0.05) is 19.5 Å². The number of halogens is 1. The Kier molecular flexibility index (Phi) is 4.74. The van der Waals surface area contributed by atoms with Crippen molar-refractivity contribution < 1.29 is 9.18 Å². The highest BCUT2D eigenvalue weighted by Gasteiger charge is 2.19. The predicted octanol–water partition coefficient (Wildman–Crippen LogP) is 2.10. The molecule has 4 nitrogen and oxygen atoms in total. The molecular formula is C14H20FN3O. The summed E-state index contributed by atoms with van der Waals surface area (Å²) < 4.78 is 13.9. The second kappa shape index (κ2) is 6.52. The Hall–Kier alpha value is -1.62. The number of carbonyl (C=O) groups excluding carboxylic acids is 1. The van der Waals surface area contributed by atoms with Gasteiger partial charge in [0.15, 0.2) is 0 Å². The molecular weight excluding hydrogens is 245 g/mol. The number of para-hydroxylation sites is 1. The number of nitrogens with one attached hydrogen (secondary N) is 1. The fourth-order valence-electron chi connectivity index (χ4n) is 2.32. The number of anilines is 2. The van der Waals surface area contributed by atoms with E-state index < -0.39 is 0 Å². The van der Waals surface area contributed by atoms with Crippen LogP contribution >= 0.6 is 0 Å². The first-order valence-electron chi connectivity index (χ1n) is 6.75. The summed E-state index contributed by atoms with van der Waals surface area (Å²) in [6.07, 6.45) is 3.15. The first kappa shape index (κ1) is 13.8. The maximum atomic E-state index is 13.9. The van der Waals surface area contributed by atoms with Gasteiger partial charge in [0.05, 0.1) is 5.69 Å². The zero-order valence-electron chi connectivity index (χ0n) is 11.0. The van der Waals surface area contributed by atoms with Gasteiger partial charge in [0.25, 0.3) is 0 Å². The van der Waals surface area contributed by atoms with Crippen molar-refractivity contribution in [2.24, 2.45) is 5.73 Å². The molecule has 0 spiro atoms. The highest BCUT2D eigenvalue weighted by molar-refractivity contribution is 5.94. The summed E-state index contributed by atoms with van der Waals surface area (Å²) in [5.74, 6) is -0.568. The number of hydrogen-bond donors (Lipinski definition) is 2. The standard InChI is InChI=1S/C14H20FN3O/c15-11-5-3-6-12(18-9-1-2-10-18)14(11)17-13(19)7-4-8-16/h3,5-6H,1-2,4,7-10,16H2,(H,17,19). The van der Waals surface area contributed by atoms with E-state index in [0.29, 0.717) is 25.1 Å². The lowest BCUT2D eigenvalue weighted by Gasteiger charge is -2.22. The van der Waals surface area contributed by atoms with Gasteiger partial charge < -0.3 is 16.0 Å². The summed E-state index contributed by atoms with van der Waals surface area (Å²) in [5.41, 5.74) is 6.44. The molecule has 1 aliphatic rings. The summed E-state index contributed by atoms with van der Waals surface area (Å²) in [6, 6.07) is 4.91. The molecule has 2 rings (SSSR count). The summed E-state index contributed by atoms with van der Waals surface area (Å²) in [4.78, 5) is 13.9. The van der Waals surface area contributed by atoms with Crippen LogP contribution in [0.25, 0.3) is 0 Å². The number of rotatable bonds is 5. The second-order valence-corrected chi connectivity index (χ2v) is 4.77. The molecule has 0 unspecified atom stereocenters. The largest absolute Gasteiger partial charge is 0.370 e. The Morgan fingerprint density at radius 1 is 1.37 bits per heavy atom. The average molecular weight is 265 g/mol. The highest BCUT2D eigenvalue weighted by Crippen LogP contribution is 2.31. The number of carbonyl (C=O) groups is 1. The van der Waals surface area contributed by atoms with Crippen molar-refractivity contribution in [3.63, 3.8) is 0 Å². The Labute approximate surface area is 112 Å². The van der Waals surface area contributed by atoms with E-state index in [1.54, 1.807) is 6.07 Å².